The van der Waals surface area contributed by atoms with Crippen molar-refractivity contribution in [3.63, 3.8) is 0 Å². The lowest BCUT2D eigenvalue weighted by molar-refractivity contribution is 0.428. The molecule has 0 aliphatic carbocycles. The second kappa shape index (κ2) is 4.86. The van der Waals surface area contributed by atoms with Crippen LogP contribution in [-0.4, -0.2) is 12.2 Å². The van der Waals surface area contributed by atoms with Crippen LogP contribution in [0.1, 0.15) is 17.4 Å². The number of furan rings is 1. The van der Waals surface area contributed by atoms with Gasteiger partial charge in [0.05, 0.1) is 12.3 Å². The summed E-state index contributed by atoms with van der Waals surface area (Å²) in [6, 6.07) is 11.2. The SMILES string of the molecule is CNC(Cc1cccc(O)c1)c1ccco1. The fraction of sp³-hybridized carbons (Fsp3) is 0.231. The van der Waals surface area contributed by atoms with Crippen LogP contribution in [0.4, 0.5) is 0 Å². The number of benzene rings is 1. The second-order valence-electron chi connectivity index (χ2n) is 3.73. The van der Waals surface area contributed by atoms with E-state index in [2.05, 4.69) is 5.32 Å². The van der Waals surface area contributed by atoms with Crippen LogP contribution in [0.3, 0.4) is 0 Å². The molecule has 3 nitrogen and oxygen atoms in total. The molecule has 0 fully saturated rings. The van der Waals surface area contributed by atoms with Gasteiger partial charge >= 0.3 is 0 Å². The first-order valence-corrected chi connectivity index (χ1v) is 5.28. The summed E-state index contributed by atoms with van der Waals surface area (Å²) in [6.07, 6.45) is 2.46. The maximum absolute atomic E-state index is 9.39. The highest BCUT2D eigenvalue weighted by Crippen LogP contribution is 2.20. The third-order valence-electron chi connectivity index (χ3n) is 2.59. The Kier molecular flexibility index (Phi) is 3.27. The van der Waals surface area contributed by atoms with E-state index >= 15 is 0 Å². The van der Waals surface area contributed by atoms with Gasteiger partial charge in [-0.3, -0.25) is 0 Å². The van der Waals surface area contributed by atoms with Gasteiger partial charge in [0, 0.05) is 0 Å². The highest BCUT2D eigenvalue weighted by atomic mass is 16.3. The quantitative estimate of drug-likeness (QED) is 0.827. The third-order valence-corrected chi connectivity index (χ3v) is 2.59. The molecule has 0 radical (unpaired) electrons. The molecule has 84 valence electrons. The second-order valence-corrected chi connectivity index (χ2v) is 3.73. The average molecular weight is 217 g/mol. The summed E-state index contributed by atoms with van der Waals surface area (Å²) in [7, 11) is 1.90. The highest BCUT2D eigenvalue weighted by Gasteiger charge is 2.12. The Hall–Kier alpha value is -1.74. The molecule has 2 N–H and O–H groups in total. The summed E-state index contributed by atoms with van der Waals surface area (Å²) in [4.78, 5) is 0. The number of hydrogen-bond acceptors (Lipinski definition) is 3. The standard InChI is InChI=1S/C13H15NO2/c1-14-12(13-6-3-7-16-13)9-10-4-2-5-11(15)8-10/h2-8,12,14-15H,9H2,1H3. The van der Waals surface area contributed by atoms with Gasteiger partial charge in [-0.15, -0.1) is 0 Å². The number of phenols is 1. The topological polar surface area (TPSA) is 45.4 Å². The van der Waals surface area contributed by atoms with Crippen LogP contribution >= 0.6 is 0 Å². The predicted molar refractivity (Wildman–Crippen MR) is 62.3 cm³/mol. The minimum Gasteiger partial charge on any atom is -0.508 e. The number of phenolic OH excluding ortho intramolecular Hbond substituents is 1. The van der Waals surface area contributed by atoms with Gasteiger partial charge in [-0.1, -0.05) is 12.1 Å². The summed E-state index contributed by atoms with van der Waals surface area (Å²) in [5, 5.41) is 12.6. The lowest BCUT2D eigenvalue weighted by atomic mass is 10.0. The first-order valence-electron chi connectivity index (χ1n) is 5.28. The van der Waals surface area contributed by atoms with Crippen LogP contribution < -0.4 is 5.32 Å². The minimum atomic E-state index is 0.136. The zero-order valence-corrected chi connectivity index (χ0v) is 9.18. The van der Waals surface area contributed by atoms with Gasteiger partial charge in [0.2, 0.25) is 0 Å². The Bertz CT molecular complexity index is 437. The summed E-state index contributed by atoms with van der Waals surface area (Å²) in [6.45, 7) is 0. The van der Waals surface area contributed by atoms with Crippen LogP contribution in [0.5, 0.6) is 5.75 Å². The number of hydrogen-bond donors (Lipinski definition) is 2. The molecule has 1 atom stereocenters. The normalized spacial score (nSPS) is 12.6. The Morgan fingerprint density at radius 1 is 1.31 bits per heavy atom. The third kappa shape index (κ3) is 2.44. The predicted octanol–water partition coefficient (Wildman–Crippen LogP) is 2.49. The monoisotopic (exact) mass is 217 g/mol. The maximum atomic E-state index is 9.39. The Balaban J connectivity index is 2.13. The van der Waals surface area contributed by atoms with E-state index in [4.69, 9.17) is 4.42 Å². The molecule has 0 aliphatic heterocycles. The van der Waals surface area contributed by atoms with Crippen LogP contribution in [0.15, 0.2) is 47.1 Å². The van der Waals surface area contributed by atoms with Crippen LogP contribution in [-0.2, 0) is 6.42 Å². The molecule has 0 aliphatic rings. The largest absolute Gasteiger partial charge is 0.508 e. The fourth-order valence-corrected chi connectivity index (χ4v) is 1.75. The lowest BCUT2D eigenvalue weighted by Crippen LogP contribution is -2.18. The molecule has 0 bridgehead atoms. The smallest absolute Gasteiger partial charge is 0.121 e. The van der Waals surface area contributed by atoms with E-state index in [9.17, 15) is 5.11 Å². The van der Waals surface area contributed by atoms with Crippen molar-refractivity contribution in [1.29, 1.82) is 0 Å². The number of likely N-dealkylation sites (N-methyl/N-ethyl adjacent to an activating group) is 1. The summed E-state index contributed by atoms with van der Waals surface area (Å²) in [5.41, 5.74) is 1.08. The molecule has 3 heteroatoms. The molecule has 1 heterocycles. The zero-order valence-electron chi connectivity index (χ0n) is 9.18. The molecule has 0 amide bonds. The lowest BCUT2D eigenvalue weighted by Gasteiger charge is -2.13. The molecule has 0 saturated heterocycles. The number of rotatable bonds is 4. The molecular weight excluding hydrogens is 202 g/mol. The first kappa shape index (κ1) is 10.8. The molecule has 2 aromatic rings. The maximum Gasteiger partial charge on any atom is 0.121 e. The molecule has 0 spiro atoms. The van der Waals surface area contributed by atoms with Crippen molar-refractivity contribution < 1.29 is 9.52 Å². The molecule has 1 aromatic carbocycles. The Labute approximate surface area is 94.7 Å². The van der Waals surface area contributed by atoms with E-state index in [1.165, 1.54) is 0 Å². The van der Waals surface area contributed by atoms with Gasteiger partial charge < -0.3 is 14.8 Å². The molecular formula is C13H15NO2. The molecule has 16 heavy (non-hydrogen) atoms. The Morgan fingerprint density at radius 3 is 2.81 bits per heavy atom. The summed E-state index contributed by atoms with van der Waals surface area (Å²) in [5.74, 6) is 1.21. The van der Waals surface area contributed by atoms with Crippen molar-refractivity contribution in [2.45, 2.75) is 12.5 Å². The van der Waals surface area contributed by atoms with E-state index < -0.39 is 0 Å². The van der Waals surface area contributed by atoms with E-state index in [-0.39, 0.29) is 6.04 Å². The van der Waals surface area contributed by atoms with E-state index in [1.54, 1.807) is 18.4 Å². The van der Waals surface area contributed by atoms with E-state index in [0.29, 0.717) is 5.75 Å². The van der Waals surface area contributed by atoms with Crippen molar-refractivity contribution in [2.24, 2.45) is 0 Å². The number of aromatic hydroxyl groups is 1. The summed E-state index contributed by atoms with van der Waals surface area (Å²) < 4.78 is 5.36. The highest BCUT2D eigenvalue weighted by molar-refractivity contribution is 5.28. The molecule has 1 aromatic heterocycles. The van der Waals surface area contributed by atoms with Gasteiger partial charge in [-0.05, 0) is 43.3 Å². The molecule has 2 rings (SSSR count). The fourth-order valence-electron chi connectivity index (χ4n) is 1.75. The Morgan fingerprint density at radius 2 is 2.19 bits per heavy atom. The van der Waals surface area contributed by atoms with Gasteiger partial charge in [-0.2, -0.15) is 0 Å². The molecule has 0 saturated carbocycles. The van der Waals surface area contributed by atoms with E-state index in [0.717, 1.165) is 17.7 Å². The van der Waals surface area contributed by atoms with Gasteiger partial charge in [0.1, 0.15) is 11.5 Å². The summed E-state index contributed by atoms with van der Waals surface area (Å²) >= 11 is 0. The van der Waals surface area contributed by atoms with E-state index in [1.807, 2.05) is 31.3 Å². The van der Waals surface area contributed by atoms with Crippen LogP contribution in [0.2, 0.25) is 0 Å². The van der Waals surface area contributed by atoms with Crippen molar-refractivity contribution in [3.05, 3.63) is 54.0 Å². The number of nitrogens with one attached hydrogen (secondary N) is 1. The zero-order chi connectivity index (χ0) is 11.4. The van der Waals surface area contributed by atoms with Crippen LogP contribution in [0.25, 0.3) is 0 Å². The van der Waals surface area contributed by atoms with Crippen LogP contribution in [0, 0.1) is 0 Å². The van der Waals surface area contributed by atoms with Gasteiger partial charge in [-0.25, -0.2) is 0 Å². The molecule has 1 unspecified atom stereocenters. The van der Waals surface area contributed by atoms with Crippen molar-refractivity contribution in [1.82, 2.24) is 5.32 Å². The van der Waals surface area contributed by atoms with Crippen molar-refractivity contribution in [2.75, 3.05) is 7.05 Å². The van der Waals surface area contributed by atoms with Crippen molar-refractivity contribution in [3.8, 4) is 5.75 Å². The minimum absolute atomic E-state index is 0.136. The average Bonchev–Trinajstić information content (AvgIpc) is 2.79. The van der Waals surface area contributed by atoms with Gasteiger partial charge in [0.25, 0.3) is 0 Å². The van der Waals surface area contributed by atoms with Gasteiger partial charge in [0.15, 0.2) is 0 Å². The first-order chi connectivity index (χ1) is 7.79. The van der Waals surface area contributed by atoms with Crippen molar-refractivity contribution >= 4 is 0 Å².